The molecule has 0 heterocycles. The molecule has 0 bridgehead atoms. The summed E-state index contributed by atoms with van der Waals surface area (Å²) in [6.07, 6.45) is 0. The number of rotatable bonds is 1. The van der Waals surface area contributed by atoms with Gasteiger partial charge in [0.05, 0.1) is 0 Å². The average Bonchev–Trinajstić information content (AvgIpc) is 2.06. The van der Waals surface area contributed by atoms with E-state index in [1.54, 1.807) is 12.1 Å². The van der Waals surface area contributed by atoms with Crippen molar-refractivity contribution in [3.05, 3.63) is 29.3 Å². The molecule has 0 aliphatic rings. The van der Waals surface area contributed by atoms with E-state index in [0.29, 0.717) is 5.75 Å². The molecule has 1 rings (SSSR count). The number of hydrogen-bond acceptors (Lipinski definition) is 2. The second-order valence-electron chi connectivity index (χ2n) is 2.41. The van der Waals surface area contributed by atoms with Gasteiger partial charge in [-0.25, -0.2) is 5.26 Å². The van der Waals surface area contributed by atoms with Gasteiger partial charge in [-0.3, -0.25) is 0 Å². The van der Waals surface area contributed by atoms with Gasteiger partial charge in [-0.15, -0.1) is 0 Å². The maximum Gasteiger partial charge on any atom is 0.165 e. The third kappa shape index (κ3) is 3.39. The maximum atomic E-state index is 8.29. The molecule has 0 spiro atoms. The molecule has 0 radical (unpaired) electrons. The van der Waals surface area contributed by atoms with Gasteiger partial charge in [0, 0.05) is 0 Å². The lowest BCUT2D eigenvalue weighted by atomic mass is 10.1. The first-order valence-corrected chi connectivity index (χ1v) is 4.12. The van der Waals surface area contributed by atoms with Gasteiger partial charge >= 0.3 is 0 Å². The van der Waals surface area contributed by atoms with Gasteiger partial charge in [-0.05, 0) is 37.1 Å². The van der Waals surface area contributed by atoms with Crippen molar-refractivity contribution in [3.8, 4) is 5.75 Å². The summed E-state index contributed by atoms with van der Waals surface area (Å²) in [5.74, 6) is 0.498. The van der Waals surface area contributed by atoms with Gasteiger partial charge in [-0.2, -0.15) is 0 Å². The van der Waals surface area contributed by atoms with Crippen LogP contribution in [0.4, 0.5) is 0 Å². The highest BCUT2D eigenvalue weighted by atomic mass is 17.1. The molecule has 1 aromatic carbocycles. The van der Waals surface area contributed by atoms with Crippen LogP contribution < -0.4 is 4.89 Å². The van der Waals surface area contributed by atoms with E-state index in [2.05, 4.69) is 4.89 Å². The number of aryl methyl sites for hydroxylation is 2. The third-order valence-corrected chi connectivity index (χ3v) is 1.30. The highest BCUT2D eigenvalue weighted by Crippen LogP contribution is 2.14. The van der Waals surface area contributed by atoms with Crippen molar-refractivity contribution in [2.75, 3.05) is 0 Å². The molecular formula is C10H16O2. The minimum Gasteiger partial charge on any atom is -0.340 e. The molecule has 0 saturated carbocycles. The lowest BCUT2D eigenvalue weighted by Crippen LogP contribution is -1.85. The third-order valence-electron chi connectivity index (χ3n) is 1.30. The van der Waals surface area contributed by atoms with Gasteiger partial charge in [0.15, 0.2) is 5.75 Å². The topological polar surface area (TPSA) is 29.5 Å². The zero-order valence-electron chi connectivity index (χ0n) is 8.09. The van der Waals surface area contributed by atoms with Crippen molar-refractivity contribution in [2.24, 2.45) is 0 Å². The van der Waals surface area contributed by atoms with E-state index in [9.17, 15) is 0 Å². The minimum atomic E-state index is 0.498. The Labute approximate surface area is 73.7 Å². The maximum absolute atomic E-state index is 8.29. The Hall–Kier alpha value is -1.02. The van der Waals surface area contributed by atoms with E-state index in [1.165, 1.54) is 0 Å². The fourth-order valence-corrected chi connectivity index (χ4v) is 0.986. The summed E-state index contributed by atoms with van der Waals surface area (Å²) in [4.78, 5) is 4.08. The molecule has 0 saturated heterocycles. The van der Waals surface area contributed by atoms with Crippen LogP contribution in [0.25, 0.3) is 0 Å². The van der Waals surface area contributed by atoms with Crippen LogP contribution in [0.3, 0.4) is 0 Å². The van der Waals surface area contributed by atoms with Crippen LogP contribution in [0.1, 0.15) is 25.0 Å². The first-order chi connectivity index (χ1) is 5.72. The van der Waals surface area contributed by atoms with Gasteiger partial charge < -0.3 is 4.89 Å². The first-order valence-electron chi connectivity index (χ1n) is 4.12. The summed E-state index contributed by atoms with van der Waals surface area (Å²) in [6, 6.07) is 5.56. The van der Waals surface area contributed by atoms with Crippen LogP contribution in [0.15, 0.2) is 18.2 Å². The normalized spacial score (nSPS) is 8.42. The van der Waals surface area contributed by atoms with Crippen molar-refractivity contribution in [1.82, 2.24) is 0 Å². The first kappa shape index (κ1) is 11.0. The molecule has 1 N–H and O–H groups in total. The Bertz CT molecular complexity index is 211. The van der Waals surface area contributed by atoms with Crippen LogP contribution in [0.2, 0.25) is 0 Å². The van der Waals surface area contributed by atoms with Crippen molar-refractivity contribution < 1.29 is 10.1 Å². The second kappa shape index (κ2) is 5.61. The zero-order chi connectivity index (χ0) is 9.56. The summed E-state index contributed by atoms with van der Waals surface area (Å²) < 4.78 is 0. The predicted molar refractivity (Wildman–Crippen MR) is 50.5 cm³/mol. The molecule has 0 aromatic heterocycles. The van der Waals surface area contributed by atoms with E-state index in [4.69, 9.17) is 5.26 Å². The van der Waals surface area contributed by atoms with Gasteiger partial charge in [-0.1, -0.05) is 19.9 Å². The van der Waals surface area contributed by atoms with Crippen LogP contribution in [0.5, 0.6) is 5.75 Å². The molecule has 0 aliphatic heterocycles. The molecule has 1 aromatic rings. The molecule has 12 heavy (non-hydrogen) atoms. The lowest BCUT2D eigenvalue weighted by Gasteiger charge is -1.99. The minimum absolute atomic E-state index is 0.498. The standard InChI is InChI=1S/C8H10O2.C2H6/c1-6-3-7(2)5-8(4-6)10-9;1-2/h3-5,9H,1-2H3;1-2H3. The predicted octanol–water partition coefficient (Wildman–Crippen LogP) is 3.18. The lowest BCUT2D eigenvalue weighted by molar-refractivity contribution is -0.137. The molecule has 0 aliphatic carbocycles. The molecule has 2 heteroatoms. The fourth-order valence-electron chi connectivity index (χ4n) is 0.986. The summed E-state index contributed by atoms with van der Waals surface area (Å²) >= 11 is 0. The van der Waals surface area contributed by atoms with E-state index < -0.39 is 0 Å². The van der Waals surface area contributed by atoms with E-state index >= 15 is 0 Å². The van der Waals surface area contributed by atoms with Crippen molar-refractivity contribution in [3.63, 3.8) is 0 Å². The summed E-state index contributed by atoms with van der Waals surface area (Å²) in [6.45, 7) is 7.91. The monoisotopic (exact) mass is 168 g/mol. The average molecular weight is 168 g/mol. The van der Waals surface area contributed by atoms with Crippen LogP contribution in [-0.2, 0) is 0 Å². The summed E-state index contributed by atoms with van der Waals surface area (Å²) in [7, 11) is 0. The highest BCUT2D eigenvalue weighted by Gasteiger charge is 1.93. The van der Waals surface area contributed by atoms with Crippen LogP contribution >= 0.6 is 0 Å². The Kier molecular flexibility index (Phi) is 5.13. The van der Waals surface area contributed by atoms with Crippen molar-refractivity contribution >= 4 is 0 Å². The van der Waals surface area contributed by atoms with Crippen molar-refractivity contribution in [2.45, 2.75) is 27.7 Å². The summed E-state index contributed by atoms with van der Waals surface area (Å²) in [5, 5.41) is 8.29. The van der Waals surface area contributed by atoms with Crippen LogP contribution in [0, 0.1) is 13.8 Å². The Morgan fingerprint density at radius 3 is 1.75 bits per heavy atom. The zero-order valence-corrected chi connectivity index (χ0v) is 8.09. The van der Waals surface area contributed by atoms with E-state index in [0.717, 1.165) is 11.1 Å². The van der Waals surface area contributed by atoms with Gasteiger partial charge in [0.2, 0.25) is 0 Å². The number of benzene rings is 1. The molecule has 0 fully saturated rings. The molecule has 2 nitrogen and oxygen atoms in total. The Morgan fingerprint density at radius 2 is 1.42 bits per heavy atom. The van der Waals surface area contributed by atoms with Gasteiger partial charge in [0.1, 0.15) is 0 Å². The fraction of sp³-hybridized carbons (Fsp3) is 0.400. The quantitative estimate of drug-likeness (QED) is 0.515. The molecular weight excluding hydrogens is 152 g/mol. The SMILES string of the molecule is CC.Cc1cc(C)cc(OO)c1. The van der Waals surface area contributed by atoms with E-state index in [-0.39, 0.29) is 0 Å². The molecule has 0 atom stereocenters. The second-order valence-corrected chi connectivity index (χ2v) is 2.41. The molecule has 0 amide bonds. The van der Waals surface area contributed by atoms with E-state index in [1.807, 2.05) is 33.8 Å². The Morgan fingerprint density at radius 1 is 1.00 bits per heavy atom. The molecule has 0 unspecified atom stereocenters. The Balaban J connectivity index is 0.000000561. The highest BCUT2D eigenvalue weighted by molar-refractivity contribution is 5.32. The largest absolute Gasteiger partial charge is 0.340 e. The van der Waals surface area contributed by atoms with Crippen molar-refractivity contribution in [1.29, 1.82) is 0 Å². The molecule has 68 valence electrons. The summed E-state index contributed by atoms with van der Waals surface area (Å²) in [5.41, 5.74) is 2.17. The smallest absolute Gasteiger partial charge is 0.165 e. The van der Waals surface area contributed by atoms with Gasteiger partial charge in [0.25, 0.3) is 0 Å². The van der Waals surface area contributed by atoms with Crippen LogP contribution in [-0.4, -0.2) is 5.26 Å². The number of hydrogen-bond donors (Lipinski definition) is 1.